The van der Waals surface area contributed by atoms with Gasteiger partial charge in [-0.1, -0.05) is 0 Å². The van der Waals surface area contributed by atoms with Gasteiger partial charge in [-0.3, -0.25) is 5.43 Å². The summed E-state index contributed by atoms with van der Waals surface area (Å²) in [7, 11) is 0. The Hall–Kier alpha value is -1.45. The lowest BCUT2D eigenvalue weighted by atomic mass is 9.48. The molecule has 0 aliphatic heterocycles. The van der Waals surface area contributed by atoms with Crippen molar-refractivity contribution in [2.24, 2.45) is 28.3 Å². The van der Waals surface area contributed by atoms with Crippen molar-refractivity contribution in [1.82, 2.24) is 9.97 Å². The molecule has 4 saturated carbocycles. The molecule has 4 fully saturated rings. The Bertz CT molecular complexity index is 579. The topological polar surface area (TPSA) is 50.2 Å². The van der Waals surface area contributed by atoms with Crippen molar-refractivity contribution in [3.05, 3.63) is 17.6 Å². The smallest absolute Gasteiger partial charge is 0.150 e. The van der Waals surface area contributed by atoms with E-state index in [0.29, 0.717) is 5.41 Å². The van der Waals surface area contributed by atoms with E-state index in [-0.39, 0.29) is 0 Å². The van der Waals surface area contributed by atoms with E-state index < -0.39 is 0 Å². The highest BCUT2D eigenvalue weighted by Gasteiger charge is 2.50. The van der Waals surface area contributed by atoms with Crippen LogP contribution in [0, 0.1) is 37.0 Å². The van der Waals surface area contributed by atoms with Crippen LogP contribution in [0.25, 0.3) is 0 Å². The predicted molar refractivity (Wildman–Crippen MR) is 93.5 cm³/mol. The molecule has 4 nitrogen and oxygen atoms in total. The van der Waals surface area contributed by atoms with Crippen molar-refractivity contribution >= 4 is 11.5 Å². The number of anilines is 1. The maximum Gasteiger partial charge on any atom is 0.150 e. The minimum absolute atomic E-state index is 0.557. The van der Waals surface area contributed by atoms with Crippen LogP contribution in [0.15, 0.2) is 11.2 Å². The van der Waals surface area contributed by atoms with Crippen molar-refractivity contribution in [2.45, 2.75) is 65.7 Å². The Morgan fingerprint density at radius 2 is 1.74 bits per heavy atom. The van der Waals surface area contributed by atoms with Gasteiger partial charge in [-0.05, 0) is 88.9 Å². The van der Waals surface area contributed by atoms with Gasteiger partial charge in [0.25, 0.3) is 0 Å². The standard InChI is InChI=1S/C19H28N4/c1-12-4-18(21-14(3)20-12)23-22-13(2)8-19-9-15-5-16(10-19)7-17(6-15)11-19/h4,15-17H,5-11H2,1-3H3,(H,20,21,23)/b22-13+. The molecule has 0 saturated heterocycles. The number of hydrazone groups is 1. The maximum atomic E-state index is 4.63. The molecule has 1 aromatic heterocycles. The van der Waals surface area contributed by atoms with Crippen molar-refractivity contribution in [3.63, 3.8) is 0 Å². The van der Waals surface area contributed by atoms with Crippen LogP contribution in [0.2, 0.25) is 0 Å². The summed E-state index contributed by atoms with van der Waals surface area (Å²) in [6.45, 7) is 6.09. The molecule has 23 heavy (non-hydrogen) atoms. The zero-order valence-electron chi connectivity index (χ0n) is 14.6. The van der Waals surface area contributed by atoms with Gasteiger partial charge in [0, 0.05) is 17.5 Å². The van der Waals surface area contributed by atoms with Gasteiger partial charge >= 0.3 is 0 Å². The molecule has 1 aromatic rings. The molecule has 0 aromatic carbocycles. The third-order valence-corrected chi connectivity index (χ3v) is 6.12. The van der Waals surface area contributed by atoms with Gasteiger partial charge in [0.2, 0.25) is 0 Å². The highest BCUT2D eigenvalue weighted by Crippen LogP contribution is 2.61. The number of aromatic nitrogens is 2. The highest BCUT2D eigenvalue weighted by atomic mass is 15.3. The molecule has 0 radical (unpaired) electrons. The lowest BCUT2D eigenvalue weighted by molar-refractivity contribution is -0.0482. The summed E-state index contributed by atoms with van der Waals surface area (Å²) in [6, 6.07) is 1.95. The van der Waals surface area contributed by atoms with Gasteiger partial charge in [-0.2, -0.15) is 5.10 Å². The molecular weight excluding hydrogens is 284 g/mol. The predicted octanol–water partition coefficient (Wildman–Crippen LogP) is 4.49. The number of hydrogen-bond acceptors (Lipinski definition) is 4. The number of nitrogens with zero attached hydrogens (tertiary/aromatic N) is 3. The first-order valence-electron chi connectivity index (χ1n) is 9.11. The Balaban J connectivity index is 1.44. The molecule has 0 amide bonds. The third kappa shape index (κ3) is 3.13. The average molecular weight is 312 g/mol. The van der Waals surface area contributed by atoms with E-state index >= 15 is 0 Å². The molecule has 5 rings (SSSR count). The van der Waals surface area contributed by atoms with Crippen LogP contribution in [-0.2, 0) is 0 Å². The summed E-state index contributed by atoms with van der Waals surface area (Å²) >= 11 is 0. The molecule has 0 spiro atoms. The van der Waals surface area contributed by atoms with E-state index in [4.69, 9.17) is 0 Å². The summed E-state index contributed by atoms with van der Waals surface area (Å²) < 4.78 is 0. The van der Waals surface area contributed by atoms with E-state index in [2.05, 4.69) is 27.4 Å². The lowest BCUT2D eigenvalue weighted by Gasteiger charge is -2.57. The quantitative estimate of drug-likeness (QED) is 0.658. The molecule has 1 N–H and O–H groups in total. The highest BCUT2D eigenvalue weighted by molar-refractivity contribution is 5.83. The molecule has 0 atom stereocenters. The zero-order valence-corrected chi connectivity index (χ0v) is 14.6. The van der Waals surface area contributed by atoms with Gasteiger partial charge in [0.05, 0.1) is 0 Å². The Kier molecular flexibility index (Phi) is 3.66. The van der Waals surface area contributed by atoms with Gasteiger partial charge in [-0.25, -0.2) is 9.97 Å². The molecule has 4 heteroatoms. The fourth-order valence-corrected chi connectivity index (χ4v) is 6.02. The van der Waals surface area contributed by atoms with E-state index in [1.165, 1.54) is 44.2 Å². The monoisotopic (exact) mass is 312 g/mol. The largest absolute Gasteiger partial charge is 0.261 e. The molecule has 1 heterocycles. The molecule has 4 aliphatic carbocycles. The summed E-state index contributed by atoms with van der Waals surface area (Å²) in [5, 5.41) is 4.63. The fourth-order valence-electron chi connectivity index (χ4n) is 6.02. The number of rotatable bonds is 4. The summed E-state index contributed by atoms with van der Waals surface area (Å²) in [4.78, 5) is 8.71. The van der Waals surface area contributed by atoms with Gasteiger partial charge in [0.1, 0.15) is 11.6 Å². The van der Waals surface area contributed by atoms with Gasteiger partial charge in [0.15, 0.2) is 0 Å². The third-order valence-electron chi connectivity index (χ3n) is 6.12. The van der Waals surface area contributed by atoms with E-state index in [0.717, 1.165) is 41.5 Å². The normalized spacial score (nSPS) is 35.6. The molecule has 4 bridgehead atoms. The summed E-state index contributed by atoms with van der Waals surface area (Å²) in [5.41, 5.74) is 5.91. The second-order valence-electron chi connectivity index (χ2n) is 8.49. The second-order valence-corrected chi connectivity index (χ2v) is 8.49. The number of aryl methyl sites for hydroxylation is 2. The van der Waals surface area contributed by atoms with Crippen molar-refractivity contribution in [2.75, 3.05) is 5.43 Å². The SMILES string of the molecule is C/C(CC12CC3CC(CC(C3)C1)C2)=N\Nc1cc(C)nc(C)n1. The van der Waals surface area contributed by atoms with Crippen molar-refractivity contribution in [1.29, 1.82) is 0 Å². The minimum atomic E-state index is 0.557. The lowest BCUT2D eigenvalue weighted by Crippen LogP contribution is -2.46. The van der Waals surface area contributed by atoms with Crippen molar-refractivity contribution < 1.29 is 0 Å². The fraction of sp³-hybridized carbons (Fsp3) is 0.737. The Morgan fingerprint density at radius 3 is 2.30 bits per heavy atom. The van der Waals surface area contributed by atoms with Crippen molar-refractivity contribution in [3.8, 4) is 0 Å². The number of hydrogen-bond donors (Lipinski definition) is 1. The van der Waals surface area contributed by atoms with E-state index in [1.807, 2.05) is 19.9 Å². The van der Waals surface area contributed by atoms with Crippen LogP contribution in [0.3, 0.4) is 0 Å². The van der Waals surface area contributed by atoms with Crippen LogP contribution in [0.1, 0.15) is 63.4 Å². The van der Waals surface area contributed by atoms with Crippen LogP contribution in [-0.4, -0.2) is 15.7 Å². The molecule has 0 unspecified atom stereocenters. The van der Waals surface area contributed by atoms with Crippen LogP contribution in [0.4, 0.5) is 5.82 Å². The van der Waals surface area contributed by atoms with Gasteiger partial charge in [-0.15, -0.1) is 0 Å². The van der Waals surface area contributed by atoms with Crippen LogP contribution >= 0.6 is 0 Å². The van der Waals surface area contributed by atoms with Gasteiger partial charge < -0.3 is 0 Å². The first-order chi connectivity index (χ1) is 11.0. The maximum absolute atomic E-state index is 4.63. The molecule has 124 valence electrons. The van der Waals surface area contributed by atoms with Crippen LogP contribution < -0.4 is 5.43 Å². The molecular formula is C19H28N4. The van der Waals surface area contributed by atoms with E-state index in [9.17, 15) is 0 Å². The molecule has 4 aliphatic rings. The zero-order chi connectivity index (χ0) is 16.0. The Morgan fingerprint density at radius 1 is 1.13 bits per heavy atom. The Labute approximate surface area is 139 Å². The number of nitrogens with one attached hydrogen (secondary N) is 1. The van der Waals surface area contributed by atoms with Crippen LogP contribution in [0.5, 0.6) is 0 Å². The first-order valence-corrected chi connectivity index (χ1v) is 9.11. The summed E-state index contributed by atoms with van der Waals surface area (Å²) in [5.74, 6) is 4.62. The second kappa shape index (κ2) is 5.57. The summed E-state index contributed by atoms with van der Waals surface area (Å²) in [6.07, 6.45) is 10.0. The minimum Gasteiger partial charge on any atom is -0.261 e. The van der Waals surface area contributed by atoms with E-state index in [1.54, 1.807) is 0 Å². The average Bonchev–Trinajstić information content (AvgIpc) is 2.42. The first kappa shape index (κ1) is 15.1.